The molecule has 1 heterocycles. The molecule has 2 aromatic carbocycles. The van der Waals surface area contributed by atoms with Gasteiger partial charge in [-0.1, -0.05) is 29.5 Å². The SMILES string of the molecule is CCOC(=O)Cn1c(=NC(=O)c2ccccc2S(C)(=O)=O)sc2cc(C)ccc21. The van der Waals surface area contributed by atoms with Crippen molar-refractivity contribution in [2.24, 2.45) is 4.99 Å². The number of ether oxygens (including phenoxy) is 1. The molecular formula is C20H20N2O5S2. The molecule has 0 aliphatic heterocycles. The van der Waals surface area contributed by atoms with E-state index in [1.165, 1.54) is 23.5 Å². The van der Waals surface area contributed by atoms with Gasteiger partial charge in [-0.05, 0) is 43.7 Å². The Labute approximate surface area is 172 Å². The fourth-order valence-corrected chi connectivity index (χ4v) is 4.87. The van der Waals surface area contributed by atoms with Crippen LogP contribution in [0.4, 0.5) is 0 Å². The van der Waals surface area contributed by atoms with Crippen LogP contribution in [0.2, 0.25) is 0 Å². The number of sulfone groups is 1. The van der Waals surface area contributed by atoms with Crippen LogP contribution >= 0.6 is 11.3 Å². The molecule has 0 unspecified atom stereocenters. The minimum absolute atomic E-state index is 0.00804. The van der Waals surface area contributed by atoms with Crippen molar-refractivity contribution < 1.29 is 22.7 Å². The van der Waals surface area contributed by atoms with Crippen molar-refractivity contribution in [3.8, 4) is 0 Å². The summed E-state index contributed by atoms with van der Waals surface area (Å²) >= 11 is 1.25. The lowest BCUT2D eigenvalue weighted by atomic mass is 10.2. The third-order valence-corrected chi connectivity index (χ3v) is 6.34. The zero-order valence-corrected chi connectivity index (χ0v) is 17.8. The Morgan fingerprint density at radius 1 is 1.17 bits per heavy atom. The number of aromatic nitrogens is 1. The number of carbonyl (C=O) groups is 2. The van der Waals surface area contributed by atoms with Gasteiger partial charge in [-0.25, -0.2) is 8.42 Å². The number of benzene rings is 2. The third kappa shape index (κ3) is 4.63. The van der Waals surface area contributed by atoms with Gasteiger partial charge in [0.15, 0.2) is 14.6 Å². The van der Waals surface area contributed by atoms with E-state index in [9.17, 15) is 18.0 Å². The predicted octanol–water partition coefficient (Wildman–Crippen LogP) is 2.72. The molecule has 0 spiro atoms. The summed E-state index contributed by atoms with van der Waals surface area (Å²) in [5.41, 5.74) is 1.77. The molecule has 0 fully saturated rings. The van der Waals surface area contributed by atoms with E-state index in [1.807, 2.05) is 25.1 Å². The standard InChI is InChI=1S/C20H20N2O5S2/c1-4-27-18(23)12-22-15-10-9-13(2)11-16(15)28-20(22)21-19(24)14-7-5-6-8-17(14)29(3,25)26/h5-11H,4,12H2,1-3H3. The Bertz CT molecular complexity index is 1270. The van der Waals surface area contributed by atoms with Crippen molar-refractivity contribution in [3.05, 3.63) is 58.4 Å². The van der Waals surface area contributed by atoms with Crippen molar-refractivity contribution in [2.45, 2.75) is 25.3 Å². The largest absolute Gasteiger partial charge is 0.465 e. The van der Waals surface area contributed by atoms with Crippen LogP contribution in [0.15, 0.2) is 52.4 Å². The highest BCUT2D eigenvalue weighted by Crippen LogP contribution is 2.20. The second-order valence-corrected chi connectivity index (χ2v) is 9.43. The third-order valence-electron chi connectivity index (χ3n) is 4.14. The number of amides is 1. The second kappa shape index (κ2) is 8.30. The van der Waals surface area contributed by atoms with Crippen molar-refractivity contribution in [2.75, 3.05) is 12.9 Å². The number of carbonyl (C=O) groups excluding carboxylic acids is 2. The van der Waals surface area contributed by atoms with E-state index < -0.39 is 21.7 Å². The maximum atomic E-state index is 12.8. The molecular weight excluding hydrogens is 412 g/mol. The molecule has 0 radical (unpaired) electrons. The molecule has 0 saturated carbocycles. The van der Waals surface area contributed by atoms with E-state index >= 15 is 0 Å². The van der Waals surface area contributed by atoms with E-state index in [0.717, 1.165) is 22.0 Å². The molecule has 0 saturated heterocycles. The summed E-state index contributed by atoms with van der Waals surface area (Å²) in [5.74, 6) is -1.13. The van der Waals surface area contributed by atoms with Gasteiger partial charge in [0.2, 0.25) is 0 Å². The number of aryl methyl sites for hydroxylation is 1. The molecule has 3 aromatic rings. The molecule has 1 aromatic heterocycles. The van der Waals surface area contributed by atoms with Crippen LogP contribution in [0, 0.1) is 6.92 Å². The van der Waals surface area contributed by atoms with E-state index in [4.69, 9.17) is 4.74 Å². The van der Waals surface area contributed by atoms with Gasteiger partial charge in [-0.2, -0.15) is 4.99 Å². The van der Waals surface area contributed by atoms with Crippen LogP contribution in [-0.4, -0.2) is 37.7 Å². The van der Waals surface area contributed by atoms with Crippen LogP contribution in [0.5, 0.6) is 0 Å². The van der Waals surface area contributed by atoms with Crippen molar-refractivity contribution in [1.29, 1.82) is 0 Å². The Morgan fingerprint density at radius 3 is 2.59 bits per heavy atom. The van der Waals surface area contributed by atoms with Gasteiger partial charge in [-0.3, -0.25) is 9.59 Å². The summed E-state index contributed by atoms with van der Waals surface area (Å²) in [6.45, 7) is 3.80. The van der Waals surface area contributed by atoms with Gasteiger partial charge in [-0.15, -0.1) is 0 Å². The van der Waals surface area contributed by atoms with E-state index in [2.05, 4.69) is 4.99 Å². The molecule has 0 atom stereocenters. The number of nitrogens with zero attached hydrogens (tertiary/aromatic N) is 2. The van der Waals surface area contributed by atoms with Gasteiger partial charge >= 0.3 is 5.97 Å². The van der Waals surface area contributed by atoms with Crippen molar-refractivity contribution in [3.63, 3.8) is 0 Å². The summed E-state index contributed by atoms with van der Waals surface area (Å²) < 4.78 is 31.5. The van der Waals surface area contributed by atoms with Crippen molar-refractivity contribution in [1.82, 2.24) is 4.57 Å². The smallest absolute Gasteiger partial charge is 0.326 e. The molecule has 3 rings (SSSR count). The first-order valence-corrected chi connectivity index (χ1v) is 11.5. The Balaban J connectivity index is 2.17. The first-order chi connectivity index (χ1) is 13.7. The van der Waals surface area contributed by atoms with Gasteiger partial charge in [0, 0.05) is 6.26 Å². The lowest BCUT2D eigenvalue weighted by Gasteiger charge is -2.06. The molecule has 1 amide bonds. The quantitative estimate of drug-likeness (QED) is 0.578. The number of esters is 1. The maximum Gasteiger partial charge on any atom is 0.326 e. The highest BCUT2D eigenvalue weighted by Gasteiger charge is 2.19. The highest BCUT2D eigenvalue weighted by atomic mass is 32.2. The minimum Gasteiger partial charge on any atom is -0.465 e. The summed E-state index contributed by atoms with van der Waals surface area (Å²) in [7, 11) is -3.60. The van der Waals surface area contributed by atoms with E-state index in [0.29, 0.717) is 4.80 Å². The predicted molar refractivity (Wildman–Crippen MR) is 111 cm³/mol. The summed E-state index contributed by atoms with van der Waals surface area (Å²) in [4.78, 5) is 29.3. The molecule has 152 valence electrons. The fourth-order valence-electron chi connectivity index (χ4n) is 2.87. The first kappa shape index (κ1) is 20.9. The van der Waals surface area contributed by atoms with Crippen LogP contribution < -0.4 is 4.80 Å². The molecule has 29 heavy (non-hydrogen) atoms. The number of rotatable bonds is 5. The van der Waals surface area contributed by atoms with Gasteiger partial charge in [0.05, 0.1) is 27.3 Å². The van der Waals surface area contributed by atoms with Crippen LogP contribution in [0.3, 0.4) is 0 Å². The molecule has 0 aliphatic carbocycles. The number of hydrogen-bond donors (Lipinski definition) is 0. The molecule has 9 heteroatoms. The zero-order chi connectivity index (χ0) is 21.2. The van der Waals surface area contributed by atoms with E-state index in [1.54, 1.807) is 23.6 Å². The van der Waals surface area contributed by atoms with Gasteiger partial charge < -0.3 is 9.30 Å². The maximum absolute atomic E-state index is 12.8. The lowest BCUT2D eigenvalue weighted by molar-refractivity contribution is -0.143. The minimum atomic E-state index is -3.60. The number of fused-ring (bicyclic) bond motifs is 1. The van der Waals surface area contributed by atoms with E-state index in [-0.39, 0.29) is 23.6 Å². The summed E-state index contributed by atoms with van der Waals surface area (Å²) in [6, 6.07) is 11.6. The molecule has 0 bridgehead atoms. The Kier molecular flexibility index (Phi) is 5.99. The van der Waals surface area contributed by atoms with Gasteiger partial charge in [0.25, 0.3) is 5.91 Å². The molecule has 7 nitrogen and oxygen atoms in total. The Morgan fingerprint density at radius 2 is 1.90 bits per heavy atom. The average Bonchev–Trinajstić information content (AvgIpc) is 2.97. The van der Waals surface area contributed by atoms with Crippen LogP contribution in [-0.2, 0) is 25.9 Å². The molecule has 0 aliphatic rings. The highest BCUT2D eigenvalue weighted by molar-refractivity contribution is 7.90. The van der Waals surface area contributed by atoms with Crippen LogP contribution in [0.25, 0.3) is 10.2 Å². The normalized spacial score (nSPS) is 12.3. The number of thiazole rings is 1. The summed E-state index contributed by atoms with van der Waals surface area (Å²) in [5, 5.41) is 0. The fraction of sp³-hybridized carbons (Fsp3) is 0.250. The average molecular weight is 433 g/mol. The lowest BCUT2D eigenvalue weighted by Crippen LogP contribution is -2.23. The van der Waals surface area contributed by atoms with Gasteiger partial charge in [0.1, 0.15) is 6.54 Å². The first-order valence-electron chi connectivity index (χ1n) is 8.84. The monoisotopic (exact) mass is 432 g/mol. The van der Waals surface area contributed by atoms with Crippen LogP contribution in [0.1, 0.15) is 22.8 Å². The topological polar surface area (TPSA) is 94.8 Å². The van der Waals surface area contributed by atoms with Crippen molar-refractivity contribution >= 4 is 43.3 Å². The number of hydrogen-bond acceptors (Lipinski definition) is 6. The summed E-state index contributed by atoms with van der Waals surface area (Å²) in [6.07, 6.45) is 1.04. The Hall–Kier alpha value is -2.78. The zero-order valence-electron chi connectivity index (χ0n) is 16.2. The molecule has 0 N–H and O–H groups in total. The second-order valence-electron chi connectivity index (χ2n) is 6.43.